The van der Waals surface area contributed by atoms with Crippen LogP contribution in [0.4, 0.5) is 0 Å². The van der Waals surface area contributed by atoms with Gasteiger partial charge in [0.2, 0.25) is 0 Å². The molecule has 5 rings (SSSR count). The van der Waals surface area contributed by atoms with Crippen LogP contribution in [0.25, 0.3) is 5.57 Å². The smallest absolute Gasteiger partial charge is 0.307 e. The average molecular weight is 1290 g/mol. The Hall–Kier alpha value is -4.11. The number of Topliss-reactive ketones (excluding diaryl/α,β-unsaturated/α-hetero) is 3. The second-order valence-corrected chi connectivity index (χ2v) is 25.7. The van der Waals surface area contributed by atoms with Crippen molar-refractivity contribution in [3.05, 3.63) is 44.4 Å². The summed E-state index contributed by atoms with van der Waals surface area (Å²) in [4.78, 5) is 87.8. The number of hydrogen-bond donors (Lipinski definition) is 6. The van der Waals surface area contributed by atoms with E-state index in [0.29, 0.717) is 62.8 Å². The van der Waals surface area contributed by atoms with Gasteiger partial charge in [-0.15, -0.1) is 22.9 Å². The number of ketones is 3. The summed E-state index contributed by atoms with van der Waals surface area (Å²) < 4.78 is 19.2. The van der Waals surface area contributed by atoms with Gasteiger partial charge in [-0.05, 0) is 183 Å². The van der Waals surface area contributed by atoms with E-state index in [1.807, 2.05) is 82.9 Å². The number of piperidine rings is 1. The number of thiazole rings is 1. The van der Waals surface area contributed by atoms with Crippen LogP contribution in [0.1, 0.15) is 147 Å². The first-order valence-electron chi connectivity index (χ1n) is 29.9. The molecule has 1 aromatic rings. The monoisotopic (exact) mass is 1290 g/mol. The van der Waals surface area contributed by atoms with E-state index in [-0.39, 0.29) is 82.8 Å². The lowest BCUT2D eigenvalue weighted by Crippen LogP contribution is -2.48. The highest BCUT2D eigenvalue weighted by molar-refractivity contribution is 7.73. The second kappa shape index (κ2) is 47.8. The minimum absolute atomic E-state index is 0.0652. The summed E-state index contributed by atoms with van der Waals surface area (Å²) in [5.74, 6) is -0.432. The molecule has 0 aromatic carbocycles. The van der Waals surface area contributed by atoms with Crippen LogP contribution >= 0.6 is 35.2 Å². The summed E-state index contributed by atoms with van der Waals surface area (Å²) in [5.41, 5.74) is 9.29. The minimum Gasteiger partial charge on any atom is -0.469 e. The quantitative estimate of drug-likeness (QED) is 0.0407. The van der Waals surface area contributed by atoms with Crippen LogP contribution < -0.4 is 21.7 Å². The number of H-pyrrole nitrogens is 1. The molecule has 7 N–H and O–H groups in total. The molecular formula is C63H116ClN9O12S2. The normalized spacial score (nSPS) is 21.7. The third kappa shape index (κ3) is 42.5. The zero-order valence-electron chi connectivity index (χ0n) is 57.3. The number of aliphatic hydroxyl groups excluding tert-OH is 1. The number of ether oxygens (including phenoxy) is 4. The first kappa shape index (κ1) is 87.1. The zero-order valence-corrected chi connectivity index (χ0v) is 59.7. The van der Waals surface area contributed by atoms with Crippen LogP contribution in [-0.2, 0) is 52.5 Å². The van der Waals surface area contributed by atoms with Crippen molar-refractivity contribution in [3.63, 3.8) is 0 Å². The summed E-state index contributed by atoms with van der Waals surface area (Å²) in [6.07, 6.45) is 11.3. The fraction of sp³-hybridized carbons (Fsp3) is 0.746. The van der Waals surface area contributed by atoms with Crippen molar-refractivity contribution in [2.75, 3.05) is 103 Å². The summed E-state index contributed by atoms with van der Waals surface area (Å²) in [7, 11) is 17.8. The van der Waals surface area contributed by atoms with Crippen LogP contribution in [0, 0.1) is 9.87 Å². The molecule has 4 aliphatic rings. The minimum atomic E-state index is -0.436. The number of aromatic amines is 1. The number of alkyl halides is 1. The Morgan fingerprint density at radius 3 is 1.41 bits per heavy atom. The van der Waals surface area contributed by atoms with Crippen molar-refractivity contribution in [2.45, 2.75) is 201 Å². The first-order chi connectivity index (χ1) is 40.4. The number of esters is 4. The Bertz CT molecular complexity index is 2300. The van der Waals surface area contributed by atoms with Crippen LogP contribution in [-0.4, -0.2) is 234 Å². The molecule has 1 saturated heterocycles. The van der Waals surface area contributed by atoms with E-state index in [4.69, 9.17) is 34.3 Å². The molecule has 0 amide bonds. The number of nitrogens with two attached hydrogens (primary N) is 1. The highest BCUT2D eigenvalue weighted by Gasteiger charge is 2.33. The van der Waals surface area contributed by atoms with Crippen molar-refractivity contribution in [1.82, 2.24) is 40.5 Å². The van der Waals surface area contributed by atoms with Gasteiger partial charge < -0.3 is 55.6 Å². The summed E-state index contributed by atoms with van der Waals surface area (Å²) in [6.45, 7) is 28.3. The number of likely N-dealkylation sites (tertiary alicyclic amines) is 1. The van der Waals surface area contributed by atoms with Gasteiger partial charge in [-0.25, -0.2) is 0 Å². The molecule has 1 aromatic heterocycles. The number of carbonyl (C=O) groups is 7. The second-order valence-electron chi connectivity index (χ2n) is 23.8. The van der Waals surface area contributed by atoms with Gasteiger partial charge in [0.25, 0.3) is 0 Å². The van der Waals surface area contributed by atoms with Gasteiger partial charge >= 0.3 is 23.9 Å². The van der Waals surface area contributed by atoms with E-state index >= 15 is 0 Å². The molecule has 504 valence electrons. The fourth-order valence-corrected chi connectivity index (χ4v) is 8.81. The largest absolute Gasteiger partial charge is 0.469 e. The highest BCUT2D eigenvalue weighted by atomic mass is 35.5. The van der Waals surface area contributed by atoms with Crippen molar-refractivity contribution in [1.29, 1.82) is 0 Å². The predicted octanol–water partition coefficient (Wildman–Crippen LogP) is 7.40. The molecule has 87 heavy (non-hydrogen) atoms. The maximum atomic E-state index is 11.2. The molecular weight excluding hydrogens is 1170 g/mol. The Morgan fingerprint density at radius 1 is 0.678 bits per heavy atom. The van der Waals surface area contributed by atoms with Gasteiger partial charge in [-0.3, -0.25) is 48.3 Å². The van der Waals surface area contributed by atoms with Crippen molar-refractivity contribution >= 4 is 82.0 Å². The number of rotatable bonds is 16. The Balaban J connectivity index is -0.000000933. The Labute approximate surface area is 537 Å². The predicted molar refractivity (Wildman–Crippen MR) is 357 cm³/mol. The zero-order chi connectivity index (χ0) is 67.9. The molecule has 2 unspecified atom stereocenters. The lowest BCUT2D eigenvalue weighted by atomic mass is 9.88. The van der Waals surface area contributed by atoms with Crippen LogP contribution in [0.5, 0.6) is 0 Å². The summed E-state index contributed by atoms with van der Waals surface area (Å²) >= 11 is 12.1. The number of likely N-dealkylation sites (N-methyl/N-ethyl adjacent to an activating group) is 3. The van der Waals surface area contributed by atoms with E-state index in [1.165, 1.54) is 32.6 Å². The molecule has 24 heteroatoms. The van der Waals surface area contributed by atoms with Gasteiger partial charge in [0.05, 0.1) is 70.6 Å². The molecule has 21 nitrogen and oxygen atoms in total. The molecule has 0 aliphatic carbocycles. The highest BCUT2D eigenvalue weighted by Crippen LogP contribution is 2.24. The maximum absolute atomic E-state index is 11.2. The topological polar surface area (TPSA) is 268 Å². The molecule has 0 bridgehead atoms. The Morgan fingerprint density at radius 2 is 1.08 bits per heavy atom. The number of hydrogen-bond acceptors (Lipinski definition) is 22. The first-order valence-corrected chi connectivity index (χ1v) is 31.7. The van der Waals surface area contributed by atoms with Crippen molar-refractivity contribution in [2.24, 2.45) is 11.7 Å². The number of methoxy groups -OCH3 is 3. The lowest BCUT2D eigenvalue weighted by molar-refractivity contribution is -0.155. The Kier molecular flexibility index (Phi) is 47.8. The van der Waals surface area contributed by atoms with E-state index < -0.39 is 6.10 Å². The van der Waals surface area contributed by atoms with Gasteiger partial charge in [-0.1, -0.05) is 18.2 Å². The third-order valence-corrected chi connectivity index (χ3v) is 16.0. The molecule has 5 heterocycles. The van der Waals surface area contributed by atoms with E-state index in [2.05, 4.69) is 114 Å². The van der Waals surface area contributed by atoms with Gasteiger partial charge in [0.15, 0.2) is 15.5 Å². The molecule has 1 fully saturated rings. The lowest BCUT2D eigenvalue weighted by Gasteiger charge is -2.37. The standard InChI is InChI=1S/C10H14N2S2.C9H14ClNO.C9H17NO2.C9H19NO2.C9H15NO.2C6H13NO2.C5H11NO2/c1-7-3-4-8(5-12(7)2)9-6-14-10(13)11-9;1-7-3-4-8(6-11(7)2)9(12)5-10;1-6-4-9(12)8(7(2)11)5-10(6)3;1-7(10-5)6-8(11)12-9(2,3)4;1-7-4-5-9(8(2)11)6-10(7)3;2*1-5(7-2)4-6(8)9-3;1-4(6)3-5(7)8-2/h4,6-7H,3,5H2,1-2H3,(H,11,13);4,7H,3,5-6H2,1-2H3;6,8-9,12H,4-5H2,1-3H3;7,10H,6H2,1-5H3;5,7H,4,6H2,1-3H3;2*5,7H,4H2,1-3H3;4H,3,6H2,1-2H3/t2*7-;6-,8?,9?;2*7-;2*5-;4-/m00000000/s1. The van der Waals surface area contributed by atoms with Crippen LogP contribution in [0.2, 0.25) is 0 Å². The number of carbonyl (C=O) groups excluding carboxylic acids is 7. The van der Waals surface area contributed by atoms with Crippen molar-refractivity contribution < 1.29 is 57.6 Å². The van der Waals surface area contributed by atoms with Gasteiger partial charge in [0.1, 0.15) is 11.4 Å². The summed E-state index contributed by atoms with van der Waals surface area (Å²) in [6, 6.07) is 2.66. The van der Waals surface area contributed by atoms with E-state index in [1.54, 1.807) is 32.1 Å². The SMILES string of the molecule is CC(=O)C1=CC[C@H](C)N(C)C1.CC(=O)C1CN(C)[C@@H](C)CC1O.CN[C@@H](C)CC(=O)OC.CN[C@@H](C)CC(=O)OC.CN[C@@H](C)CC(=O)OC(C)(C)C.COC(=O)C[C@H](C)N.C[C@H]1CC=C(C(=O)CCl)CN1C.C[C@H]1CC=C(c2csc(=S)[nH]2)CN1C. The summed E-state index contributed by atoms with van der Waals surface area (Å²) in [5, 5.41) is 20.5. The average Bonchev–Trinajstić information content (AvgIpc) is 3.46. The third-order valence-electron chi connectivity index (χ3n) is 14.7. The van der Waals surface area contributed by atoms with Crippen LogP contribution in [0.15, 0.2) is 34.8 Å². The molecule has 0 radical (unpaired) electrons. The van der Waals surface area contributed by atoms with E-state index in [0.717, 1.165) is 54.0 Å². The van der Waals surface area contributed by atoms with Crippen LogP contribution in [0.3, 0.4) is 0 Å². The maximum Gasteiger partial charge on any atom is 0.307 e. The van der Waals surface area contributed by atoms with Gasteiger partial charge in [-0.2, -0.15) is 0 Å². The van der Waals surface area contributed by atoms with E-state index in [9.17, 15) is 38.7 Å². The molecule has 4 aliphatic heterocycles. The number of aliphatic hydroxyl groups is 1. The molecule has 0 saturated carbocycles. The fourth-order valence-electron chi connectivity index (χ4n) is 7.78. The van der Waals surface area contributed by atoms with Crippen molar-refractivity contribution in [3.8, 4) is 0 Å². The number of halogens is 1. The van der Waals surface area contributed by atoms with Gasteiger partial charge in [0, 0.05) is 91.0 Å². The molecule has 10 atom stereocenters. The number of aromatic nitrogens is 1. The number of nitrogens with zero attached hydrogens (tertiary/aromatic N) is 4. The molecule has 0 spiro atoms. The number of nitrogens with one attached hydrogen (secondary N) is 4.